The summed E-state index contributed by atoms with van der Waals surface area (Å²) in [4.78, 5) is 29.4. The van der Waals surface area contributed by atoms with E-state index >= 15 is 0 Å². The summed E-state index contributed by atoms with van der Waals surface area (Å²) < 4.78 is 120. The van der Waals surface area contributed by atoms with Crippen LogP contribution in [-0.4, -0.2) is 43.5 Å². The Morgan fingerprint density at radius 1 is 0.977 bits per heavy atom. The van der Waals surface area contributed by atoms with Gasteiger partial charge in [-0.05, 0) is 41.3 Å². The average molecular weight is 652 g/mol. The highest BCUT2D eigenvalue weighted by Gasteiger charge is 2.62. The summed E-state index contributed by atoms with van der Waals surface area (Å²) in [6.07, 6.45) is -13.0. The third-order valence-corrected chi connectivity index (χ3v) is 6.74. The van der Waals surface area contributed by atoms with Crippen molar-refractivity contribution in [2.24, 2.45) is 5.16 Å². The zero-order valence-electron chi connectivity index (χ0n) is 21.9. The number of allylic oxidation sites excluding steroid dienone is 1. The maximum absolute atomic E-state index is 14.3. The number of alkyl halides is 9. The van der Waals surface area contributed by atoms with Crippen LogP contribution in [0.25, 0.3) is 16.8 Å². The van der Waals surface area contributed by atoms with E-state index in [0.717, 1.165) is 11.0 Å². The molecule has 0 aliphatic carbocycles. The molecule has 0 aromatic heterocycles. The highest BCUT2D eigenvalue weighted by Crippen LogP contribution is 2.50. The summed E-state index contributed by atoms with van der Waals surface area (Å²) in [6, 6.07) is 10.7. The van der Waals surface area contributed by atoms with Gasteiger partial charge in [-0.1, -0.05) is 53.2 Å². The van der Waals surface area contributed by atoms with E-state index in [2.05, 4.69) is 5.16 Å². The Bertz CT molecular complexity index is 1630. The first kappa shape index (κ1) is 32.6. The maximum atomic E-state index is 14.3. The molecule has 0 radical (unpaired) electrons. The Kier molecular flexibility index (Phi) is 8.92. The van der Waals surface area contributed by atoms with Crippen LogP contribution in [-0.2, 0) is 26.2 Å². The van der Waals surface area contributed by atoms with Crippen molar-refractivity contribution in [3.63, 3.8) is 0 Å². The molecular weight excluding hydrogens is 633 g/mol. The lowest BCUT2D eigenvalue weighted by molar-refractivity contribution is -0.276. The van der Waals surface area contributed by atoms with Gasteiger partial charge in [0.15, 0.2) is 0 Å². The van der Waals surface area contributed by atoms with Gasteiger partial charge < -0.3 is 15.1 Å². The molecule has 0 fully saturated rings. The fourth-order valence-electron chi connectivity index (χ4n) is 4.48. The minimum Gasteiger partial charge on any atom is -0.374 e. The van der Waals surface area contributed by atoms with Crippen molar-refractivity contribution in [2.45, 2.75) is 30.6 Å². The van der Waals surface area contributed by atoms with Crippen molar-refractivity contribution in [1.29, 1.82) is 0 Å². The van der Waals surface area contributed by atoms with Crippen LogP contribution in [0.5, 0.6) is 0 Å². The number of halogens is 10. The van der Waals surface area contributed by atoms with Crippen molar-refractivity contribution in [1.82, 2.24) is 5.32 Å². The van der Waals surface area contributed by atoms with Gasteiger partial charge in [0.25, 0.3) is 5.60 Å². The largest absolute Gasteiger partial charge is 0.435 e. The van der Waals surface area contributed by atoms with Gasteiger partial charge in [-0.15, -0.1) is 0 Å². The first-order chi connectivity index (χ1) is 20.4. The van der Waals surface area contributed by atoms with Crippen molar-refractivity contribution < 1.29 is 53.9 Å². The standard InChI is InChI=1S/C28H19ClF9N3O3/c29-19-10-17(9-18(11-19)27(33,34)35)25(28(36,37)38)12-20(40-44-25)7-5-16-6-8-23(22-4-2-1-3-21(16)22)41(15-42)13-24(43)39-14-26(30,31)32/h1-11,15H,12-14H2,(H,39,43)/b7-5+. The number of hydrogen-bond acceptors (Lipinski definition) is 4. The molecule has 0 saturated carbocycles. The number of nitrogens with one attached hydrogen (secondary N) is 1. The smallest absolute Gasteiger partial charge is 0.374 e. The summed E-state index contributed by atoms with van der Waals surface area (Å²) in [7, 11) is 0. The van der Waals surface area contributed by atoms with Crippen molar-refractivity contribution >= 4 is 52.2 Å². The minimum atomic E-state index is -5.20. The van der Waals surface area contributed by atoms with E-state index in [1.165, 1.54) is 24.3 Å². The van der Waals surface area contributed by atoms with E-state index in [9.17, 15) is 49.1 Å². The van der Waals surface area contributed by atoms with Gasteiger partial charge in [-0.25, -0.2) is 0 Å². The first-order valence-electron chi connectivity index (χ1n) is 12.4. The molecule has 1 aliphatic rings. The van der Waals surface area contributed by atoms with Gasteiger partial charge in [-0.2, -0.15) is 39.5 Å². The Labute approximate surface area is 247 Å². The third-order valence-electron chi connectivity index (χ3n) is 6.52. The van der Waals surface area contributed by atoms with Crippen LogP contribution in [0.4, 0.5) is 45.2 Å². The Hall–Kier alpha value is -4.27. The lowest BCUT2D eigenvalue weighted by atomic mass is 9.87. The molecule has 44 heavy (non-hydrogen) atoms. The Balaban J connectivity index is 1.62. The summed E-state index contributed by atoms with van der Waals surface area (Å²) in [5.74, 6) is -1.07. The second-order valence-corrected chi connectivity index (χ2v) is 10.0. The lowest BCUT2D eigenvalue weighted by Gasteiger charge is -2.30. The predicted molar refractivity (Wildman–Crippen MR) is 143 cm³/mol. The molecule has 1 heterocycles. The van der Waals surface area contributed by atoms with Crippen LogP contribution >= 0.6 is 11.6 Å². The molecular formula is C28H19ClF9N3O3. The molecule has 0 bridgehead atoms. The van der Waals surface area contributed by atoms with Crippen molar-refractivity contribution in [2.75, 3.05) is 18.0 Å². The predicted octanol–water partition coefficient (Wildman–Crippen LogP) is 7.40. The number of amides is 2. The number of benzene rings is 3. The lowest BCUT2D eigenvalue weighted by Crippen LogP contribution is -2.42. The quantitative estimate of drug-likeness (QED) is 0.204. The van der Waals surface area contributed by atoms with Gasteiger partial charge in [-0.3, -0.25) is 9.59 Å². The molecule has 1 N–H and O–H groups in total. The Morgan fingerprint density at radius 2 is 1.66 bits per heavy atom. The van der Waals surface area contributed by atoms with E-state index in [0.29, 0.717) is 28.5 Å². The molecule has 1 aliphatic heterocycles. The molecule has 1 unspecified atom stereocenters. The number of anilines is 1. The van der Waals surface area contributed by atoms with Crippen molar-refractivity contribution in [3.8, 4) is 0 Å². The van der Waals surface area contributed by atoms with Crippen LogP contribution in [0.15, 0.2) is 65.8 Å². The van der Waals surface area contributed by atoms with Gasteiger partial charge in [0.1, 0.15) is 13.1 Å². The molecule has 0 spiro atoms. The molecule has 2 amide bonds. The number of oxime groups is 1. The van der Waals surface area contributed by atoms with Gasteiger partial charge in [0, 0.05) is 22.4 Å². The highest BCUT2D eigenvalue weighted by molar-refractivity contribution is 6.30. The number of carbonyl (C=O) groups is 2. The second kappa shape index (κ2) is 12.0. The van der Waals surface area contributed by atoms with E-state index in [4.69, 9.17) is 16.4 Å². The molecule has 234 valence electrons. The van der Waals surface area contributed by atoms with Crippen LogP contribution in [0.2, 0.25) is 5.02 Å². The summed E-state index contributed by atoms with van der Waals surface area (Å²) >= 11 is 5.72. The van der Waals surface area contributed by atoms with Crippen LogP contribution < -0.4 is 10.2 Å². The zero-order chi connectivity index (χ0) is 32.5. The molecule has 1 atom stereocenters. The number of hydrogen-bond donors (Lipinski definition) is 1. The topological polar surface area (TPSA) is 71.0 Å². The van der Waals surface area contributed by atoms with E-state index < -0.39 is 65.7 Å². The van der Waals surface area contributed by atoms with Crippen molar-refractivity contribution in [3.05, 3.63) is 82.4 Å². The molecule has 0 saturated heterocycles. The summed E-state index contributed by atoms with van der Waals surface area (Å²) in [5.41, 5.74) is -5.24. The fourth-order valence-corrected chi connectivity index (χ4v) is 4.71. The van der Waals surface area contributed by atoms with Gasteiger partial charge >= 0.3 is 18.5 Å². The molecule has 6 nitrogen and oxygen atoms in total. The van der Waals surface area contributed by atoms with Crippen LogP contribution in [0, 0.1) is 0 Å². The van der Waals surface area contributed by atoms with Crippen LogP contribution in [0.3, 0.4) is 0 Å². The molecule has 3 aromatic rings. The second-order valence-electron chi connectivity index (χ2n) is 9.58. The molecule has 3 aromatic carbocycles. The van der Waals surface area contributed by atoms with Gasteiger partial charge in [0.2, 0.25) is 12.3 Å². The van der Waals surface area contributed by atoms with Gasteiger partial charge in [0.05, 0.1) is 17.0 Å². The number of nitrogens with zero attached hydrogens (tertiary/aromatic N) is 2. The molecule has 16 heteroatoms. The highest BCUT2D eigenvalue weighted by atomic mass is 35.5. The van der Waals surface area contributed by atoms with Crippen LogP contribution in [0.1, 0.15) is 23.1 Å². The number of fused-ring (bicyclic) bond motifs is 1. The Morgan fingerprint density at radius 3 is 2.27 bits per heavy atom. The third kappa shape index (κ3) is 7.09. The minimum absolute atomic E-state index is 0.161. The maximum Gasteiger partial charge on any atom is 0.435 e. The van der Waals surface area contributed by atoms with E-state index in [-0.39, 0.29) is 17.8 Å². The molecule has 4 rings (SSSR count). The summed E-state index contributed by atoms with van der Waals surface area (Å²) in [5, 5.41) is 5.38. The summed E-state index contributed by atoms with van der Waals surface area (Å²) in [6.45, 7) is -2.32. The number of carbonyl (C=O) groups excluding carboxylic acids is 2. The number of rotatable bonds is 8. The zero-order valence-corrected chi connectivity index (χ0v) is 22.7. The normalized spacial score (nSPS) is 17.5. The average Bonchev–Trinajstić information content (AvgIpc) is 3.38. The first-order valence-corrected chi connectivity index (χ1v) is 12.8. The fraction of sp³-hybridized carbons (Fsp3) is 0.250. The van der Waals surface area contributed by atoms with E-state index in [1.807, 2.05) is 0 Å². The van der Waals surface area contributed by atoms with E-state index in [1.54, 1.807) is 29.6 Å². The monoisotopic (exact) mass is 651 g/mol. The SMILES string of the molecule is O=CN(CC(=O)NCC(F)(F)F)c1ccc(/C=C/C2=NOC(c3cc(Cl)cc(C(F)(F)F)c3)(C(F)(F)F)C2)c2ccccc12.